The lowest BCUT2D eigenvalue weighted by Crippen LogP contribution is -2.15. The molecule has 2 heterocycles. The van der Waals surface area contributed by atoms with Gasteiger partial charge in [0, 0.05) is 24.1 Å². The standard InChI is InChI=1S/C17H19N5OS2/c1-11-14(12(2)22(3)21-11)9-15(23)18-16-19-20-17(25-16)24-10-13-7-5-4-6-8-13/h4-8H,9-10H2,1-3H3,(H,18,19,23). The molecular formula is C17H19N5OS2. The lowest BCUT2D eigenvalue weighted by molar-refractivity contribution is -0.115. The molecule has 0 unspecified atom stereocenters. The van der Waals surface area contributed by atoms with Crippen molar-refractivity contribution in [1.82, 2.24) is 20.0 Å². The third-order valence-corrected chi connectivity index (χ3v) is 5.90. The number of hydrogen-bond acceptors (Lipinski definition) is 6. The van der Waals surface area contributed by atoms with E-state index in [9.17, 15) is 4.79 Å². The molecule has 3 rings (SSSR count). The molecule has 25 heavy (non-hydrogen) atoms. The fourth-order valence-electron chi connectivity index (χ4n) is 2.44. The summed E-state index contributed by atoms with van der Waals surface area (Å²) >= 11 is 3.01. The zero-order chi connectivity index (χ0) is 17.8. The molecule has 3 aromatic rings. The Bertz CT molecular complexity index is 873. The van der Waals surface area contributed by atoms with Gasteiger partial charge in [-0.3, -0.25) is 9.48 Å². The molecular weight excluding hydrogens is 354 g/mol. The number of amides is 1. The lowest BCUT2D eigenvalue weighted by Gasteiger charge is -2.02. The highest BCUT2D eigenvalue weighted by molar-refractivity contribution is 8.00. The summed E-state index contributed by atoms with van der Waals surface area (Å²) in [6.07, 6.45) is 0.289. The second-order valence-electron chi connectivity index (χ2n) is 5.65. The third-order valence-electron chi connectivity index (χ3n) is 3.85. The number of aryl methyl sites for hydroxylation is 2. The summed E-state index contributed by atoms with van der Waals surface area (Å²) < 4.78 is 2.63. The molecule has 0 saturated carbocycles. The van der Waals surface area contributed by atoms with Crippen molar-refractivity contribution < 1.29 is 4.79 Å². The van der Waals surface area contributed by atoms with Gasteiger partial charge in [-0.05, 0) is 19.4 Å². The number of carbonyl (C=O) groups is 1. The number of hydrogen-bond donors (Lipinski definition) is 1. The summed E-state index contributed by atoms with van der Waals surface area (Å²) in [4.78, 5) is 12.3. The molecule has 130 valence electrons. The molecule has 0 aliphatic carbocycles. The zero-order valence-corrected chi connectivity index (χ0v) is 15.9. The maximum atomic E-state index is 12.3. The van der Waals surface area contributed by atoms with E-state index in [1.807, 2.05) is 39.1 Å². The van der Waals surface area contributed by atoms with E-state index in [-0.39, 0.29) is 12.3 Å². The Morgan fingerprint density at radius 1 is 1.24 bits per heavy atom. The Hall–Kier alpha value is -2.19. The Kier molecular flexibility index (Phi) is 5.50. The normalized spacial score (nSPS) is 10.8. The predicted octanol–water partition coefficient (Wildman–Crippen LogP) is 3.36. The number of nitrogens with one attached hydrogen (secondary N) is 1. The number of benzene rings is 1. The number of nitrogens with zero attached hydrogens (tertiary/aromatic N) is 4. The molecule has 8 heteroatoms. The molecule has 0 fully saturated rings. The number of rotatable bonds is 6. The van der Waals surface area contributed by atoms with Gasteiger partial charge in [0.1, 0.15) is 0 Å². The molecule has 0 bridgehead atoms. The minimum Gasteiger partial charge on any atom is -0.300 e. The first kappa shape index (κ1) is 17.6. The van der Waals surface area contributed by atoms with Crippen molar-refractivity contribution in [1.29, 1.82) is 0 Å². The maximum Gasteiger partial charge on any atom is 0.230 e. The van der Waals surface area contributed by atoms with Gasteiger partial charge in [-0.2, -0.15) is 5.10 Å². The van der Waals surface area contributed by atoms with Crippen LogP contribution in [0.15, 0.2) is 34.7 Å². The summed E-state index contributed by atoms with van der Waals surface area (Å²) in [5, 5.41) is 15.9. The lowest BCUT2D eigenvalue weighted by atomic mass is 10.1. The van der Waals surface area contributed by atoms with E-state index in [1.165, 1.54) is 16.9 Å². The van der Waals surface area contributed by atoms with Crippen LogP contribution in [-0.4, -0.2) is 25.9 Å². The molecule has 0 radical (unpaired) electrons. The topological polar surface area (TPSA) is 72.7 Å². The summed E-state index contributed by atoms with van der Waals surface area (Å²) in [6, 6.07) is 10.2. The third kappa shape index (κ3) is 4.46. The van der Waals surface area contributed by atoms with E-state index >= 15 is 0 Å². The minimum atomic E-state index is -0.102. The van der Waals surface area contributed by atoms with Gasteiger partial charge in [-0.1, -0.05) is 53.4 Å². The molecule has 0 spiro atoms. The Morgan fingerprint density at radius 2 is 2.00 bits per heavy atom. The van der Waals surface area contributed by atoms with Crippen LogP contribution in [0.4, 0.5) is 5.13 Å². The highest BCUT2D eigenvalue weighted by Gasteiger charge is 2.15. The smallest absolute Gasteiger partial charge is 0.230 e. The van der Waals surface area contributed by atoms with Gasteiger partial charge in [-0.25, -0.2) is 0 Å². The van der Waals surface area contributed by atoms with E-state index in [4.69, 9.17) is 0 Å². The SMILES string of the molecule is Cc1nn(C)c(C)c1CC(=O)Nc1nnc(SCc2ccccc2)s1. The molecule has 0 aliphatic heterocycles. The molecule has 2 aromatic heterocycles. The van der Waals surface area contributed by atoms with E-state index in [2.05, 4.69) is 32.7 Å². The van der Waals surface area contributed by atoms with Crippen LogP contribution in [0.25, 0.3) is 0 Å². The fraction of sp³-hybridized carbons (Fsp3) is 0.294. The van der Waals surface area contributed by atoms with Gasteiger partial charge in [0.2, 0.25) is 11.0 Å². The van der Waals surface area contributed by atoms with Crippen LogP contribution in [0.3, 0.4) is 0 Å². The Morgan fingerprint density at radius 3 is 2.68 bits per heavy atom. The van der Waals surface area contributed by atoms with Crippen molar-refractivity contribution in [2.75, 3.05) is 5.32 Å². The van der Waals surface area contributed by atoms with Crippen LogP contribution >= 0.6 is 23.1 Å². The van der Waals surface area contributed by atoms with Crippen LogP contribution < -0.4 is 5.32 Å². The minimum absolute atomic E-state index is 0.102. The van der Waals surface area contributed by atoms with Gasteiger partial charge in [-0.15, -0.1) is 10.2 Å². The number of aromatic nitrogens is 4. The first-order chi connectivity index (χ1) is 12.0. The summed E-state index contributed by atoms with van der Waals surface area (Å²) in [7, 11) is 1.88. The average Bonchev–Trinajstić information content (AvgIpc) is 3.14. The van der Waals surface area contributed by atoms with Gasteiger partial charge < -0.3 is 5.32 Å². The van der Waals surface area contributed by atoms with Crippen LogP contribution in [0, 0.1) is 13.8 Å². The second kappa shape index (κ2) is 7.79. The van der Waals surface area contributed by atoms with E-state index < -0.39 is 0 Å². The molecule has 1 aromatic carbocycles. The maximum absolute atomic E-state index is 12.3. The van der Waals surface area contributed by atoms with E-state index in [0.717, 1.165) is 27.0 Å². The van der Waals surface area contributed by atoms with Crippen LogP contribution in [-0.2, 0) is 24.0 Å². The quantitative estimate of drug-likeness (QED) is 0.530. The fourth-order valence-corrected chi connectivity index (χ4v) is 4.16. The first-order valence-corrected chi connectivity index (χ1v) is 9.62. The Balaban J connectivity index is 1.56. The van der Waals surface area contributed by atoms with Crippen LogP contribution in [0.2, 0.25) is 0 Å². The highest BCUT2D eigenvalue weighted by Crippen LogP contribution is 2.28. The summed E-state index contributed by atoms with van der Waals surface area (Å²) in [5.74, 6) is 0.729. The largest absolute Gasteiger partial charge is 0.300 e. The average molecular weight is 374 g/mol. The molecule has 0 saturated heterocycles. The van der Waals surface area contributed by atoms with Crippen molar-refractivity contribution in [3.8, 4) is 0 Å². The van der Waals surface area contributed by atoms with E-state index in [0.29, 0.717) is 5.13 Å². The zero-order valence-electron chi connectivity index (χ0n) is 14.3. The number of thioether (sulfide) groups is 1. The van der Waals surface area contributed by atoms with Crippen molar-refractivity contribution in [2.24, 2.45) is 7.05 Å². The van der Waals surface area contributed by atoms with Gasteiger partial charge in [0.05, 0.1) is 12.1 Å². The van der Waals surface area contributed by atoms with Crippen molar-refractivity contribution in [3.05, 3.63) is 52.8 Å². The predicted molar refractivity (Wildman–Crippen MR) is 101 cm³/mol. The van der Waals surface area contributed by atoms with Gasteiger partial charge >= 0.3 is 0 Å². The van der Waals surface area contributed by atoms with Crippen molar-refractivity contribution in [3.63, 3.8) is 0 Å². The van der Waals surface area contributed by atoms with Gasteiger partial charge in [0.15, 0.2) is 4.34 Å². The van der Waals surface area contributed by atoms with Crippen molar-refractivity contribution in [2.45, 2.75) is 30.4 Å². The highest BCUT2D eigenvalue weighted by atomic mass is 32.2. The molecule has 1 N–H and O–H groups in total. The summed E-state index contributed by atoms with van der Waals surface area (Å²) in [6.45, 7) is 3.88. The second-order valence-corrected chi connectivity index (χ2v) is 7.85. The molecule has 1 amide bonds. The van der Waals surface area contributed by atoms with E-state index in [1.54, 1.807) is 16.4 Å². The first-order valence-electron chi connectivity index (χ1n) is 7.82. The van der Waals surface area contributed by atoms with Crippen LogP contribution in [0.5, 0.6) is 0 Å². The van der Waals surface area contributed by atoms with Crippen LogP contribution in [0.1, 0.15) is 22.5 Å². The van der Waals surface area contributed by atoms with Crippen molar-refractivity contribution >= 4 is 34.1 Å². The Labute approximate surface area is 154 Å². The number of carbonyl (C=O) groups excluding carboxylic acids is 1. The molecule has 0 aliphatic rings. The van der Waals surface area contributed by atoms with Gasteiger partial charge in [0.25, 0.3) is 0 Å². The summed E-state index contributed by atoms with van der Waals surface area (Å²) in [5.41, 5.74) is 4.08. The number of anilines is 1. The molecule has 0 atom stereocenters. The molecule has 6 nitrogen and oxygen atoms in total. The monoisotopic (exact) mass is 373 g/mol.